The first-order valence-electron chi connectivity index (χ1n) is 7.94. The van der Waals surface area contributed by atoms with Crippen LogP contribution < -0.4 is 4.90 Å². The number of aromatic hydroxyl groups is 1. The van der Waals surface area contributed by atoms with E-state index in [0.29, 0.717) is 10.2 Å². The van der Waals surface area contributed by atoms with Gasteiger partial charge in [0.2, 0.25) is 0 Å². The van der Waals surface area contributed by atoms with E-state index in [1.54, 1.807) is 53.7 Å². The molecule has 0 saturated carbocycles. The largest absolute Gasteiger partial charge is 0.506 e. The van der Waals surface area contributed by atoms with Crippen molar-refractivity contribution in [2.45, 2.75) is 52.7 Å². The summed E-state index contributed by atoms with van der Waals surface area (Å²) < 4.78 is 11.3. The molecule has 6 nitrogen and oxygen atoms in total. The lowest BCUT2D eigenvalue weighted by Gasteiger charge is -2.28. The molecule has 0 fully saturated rings. The van der Waals surface area contributed by atoms with Crippen molar-refractivity contribution in [2.75, 3.05) is 18.0 Å². The van der Waals surface area contributed by atoms with Crippen LogP contribution in [0.5, 0.6) is 5.75 Å². The van der Waals surface area contributed by atoms with Crippen LogP contribution in [0.4, 0.5) is 5.69 Å². The number of esters is 2. The zero-order chi connectivity index (χ0) is 19.4. The Hall–Kier alpha value is -1.76. The van der Waals surface area contributed by atoms with E-state index in [-0.39, 0.29) is 18.8 Å². The molecule has 0 saturated heterocycles. The van der Waals surface area contributed by atoms with Crippen LogP contribution in [-0.2, 0) is 19.1 Å². The minimum atomic E-state index is -0.642. The summed E-state index contributed by atoms with van der Waals surface area (Å²) >= 11 is 3.26. The fourth-order valence-corrected chi connectivity index (χ4v) is 2.40. The summed E-state index contributed by atoms with van der Waals surface area (Å²) in [5.41, 5.74) is -0.938. The predicted octanol–water partition coefficient (Wildman–Crippen LogP) is 3.64. The van der Waals surface area contributed by atoms with Crippen LogP contribution in [0.3, 0.4) is 0 Å². The Balaban J connectivity index is 3.01. The average Bonchev–Trinajstić information content (AvgIpc) is 2.32. The number of halogens is 1. The molecule has 0 amide bonds. The van der Waals surface area contributed by atoms with Crippen molar-refractivity contribution in [3.63, 3.8) is 0 Å². The Labute approximate surface area is 157 Å². The Bertz CT molecular complexity index is 601. The highest BCUT2D eigenvalue weighted by Gasteiger charge is 2.25. The minimum absolute atomic E-state index is 0.0542. The zero-order valence-corrected chi connectivity index (χ0v) is 17.1. The van der Waals surface area contributed by atoms with E-state index in [9.17, 15) is 14.7 Å². The second-order valence-electron chi connectivity index (χ2n) is 7.66. The lowest BCUT2D eigenvalue weighted by molar-refractivity contribution is -0.154. The van der Waals surface area contributed by atoms with Gasteiger partial charge in [-0.05, 0) is 59.7 Å². The van der Waals surface area contributed by atoms with Crippen molar-refractivity contribution in [3.8, 4) is 5.75 Å². The van der Waals surface area contributed by atoms with E-state index in [4.69, 9.17) is 9.47 Å². The molecule has 0 aliphatic carbocycles. The Morgan fingerprint density at radius 3 is 1.80 bits per heavy atom. The van der Waals surface area contributed by atoms with Crippen molar-refractivity contribution >= 4 is 33.6 Å². The highest BCUT2D eigenvalue weighted by atomic mass is 79.9. The minimum Gasteiger partial charge on any atom is -0.506 e. The fourth-order valence-electron chi connectivity index (χ4n) is 2.05. The average molecular weight is 416 g/mol. The number of rotatable bonds is 5. The summed E-state index contributed by atoms with van der Waals surface area (Å²) in [5, 5.41) is 10.2. The summed E-state index contributed by atoms with van der Waals surface area (Å²) in [5.74, 6) is -1.06. The maximum absolute atomic E-state index is 12.2. The van der Waals surface area contributed by atoms with Gasteiger partial charge in [-0.15, -0.1) is 0 Å². The molecule has 0 atom stereocenters. The Morgan fingerprint density at radius 1 is 1.00 bits per heavy atom. The molecule has 0 bridgehead atoms. The molecule has 0 aliphatic heterocycles. The summed E-state index contributed by atoms with van der Waals surface area (Å²) in [6.07, 6.45) is 0. The standard InChI is InChI=1S/C18H26BrNO5/c1-17(2,3)24-15(22)10-20(11-16(23)25-18(4,5)6)13-8-7-12(19)9-14(13)21/h7-9,21H,10-11H2,1-6H3. The second kappa shape index (κ2) is 8.08. The van der Waals surface area contributed by atoms with E-state index >= 15 is 0 Å². The lowest BCUT2D eigenvalue weighted by atomic mass is 10.2. The molecule has 0 radical (unpaired) electrons. The molecule has 0 aromatic heterocycles. The first-order chi connectivity index (χ1) is 11.3. The highest BCUT2D eigenvalue weighted by molar-refractivity contribution is 9.10. The molecule has 0 heterocycles. The number of benzene rings is 1. The van der Waals surface area contributed by atoms with Gasteiger partial charge in [0, 0.05) is 4.47 Å². The Kier molecular flexibility index (Phi) is 6.88. The van der Waals surface area contributed by atoms with E-state index in [2.05, 4.69) is 15.9 Å². The van der Waals surface area contributed by atoms with Crippen molar-refractivity contribution < 1.29 is 24.2 Å². The topological polar surface area (TPSA) is 76.1 Å². The normalized spacial score (nSPS) is 11.8. The molecule has 0 aliphatic rings. The summed E-state index contributed by atoms with van der Waals surface area (Å²) in [6, 6.07) is 4.83. The van der Waals surface area contributed by atoms with Crippen LogP contribution in [0.25, 0.3) is 0 Å². The Morgan fingerprint density at radius 2 is 1.44 bits per heavy atom. The SMILES string of the molecule is CC(C)(C)OC(=O)CN(CC(=O)OC(C)(C)C)c1ccc(Br)cc1O. The number of hydrogen-bond acceptors (Lipinski definition) is 6. The number of hydrogen-bond donors (Lipinski definition) is 1. The molecule has 0 unspecified atom stereocenters. The zero-order valence-electron chi connectivity index (χ0n) is 15.6. The molecule has 1 rings (SSSR count). The molecule has 1 N–H and O–H groups in total. The van der Waals surface area contributed by atoms with Crippen molar-refractivity contribution in [2.24, 2.45) is 0 Å². The van der Waals surface area contributed by atoms with E-state index in [1.807, 2.05) is 0 Å². The monoisotopic (exact) mass is 415 g/mol. The number of carbonyl (C=O) groups excluding carboxylic acids is 2. The molecule has 1 aromatic rings. The smallest absolute Gasteiger partial charge is 0.326 e. The third kappa shape index (κ3) is 8.25. The van der Waals surface area contributed by atoms with Crippen LogP contribution in [0.2, 0.25) is 0 Å². The highest BCUT2D eigenvalue weighted by Crippen LogP contribution is 2.30. The van der Waals surface area contributed by atoms with Gasteiger partial charge >= 0.3 is 11.9 Å². The number of ether oxygens (including phenoxy) is 2. The van der Waals surface area contributed by atoms with Crippen molar-refractivity contribution in [1.82, 2.24) is 0 Å². The van der Waals surface area contributed by atoms with Crippen molar-refractivity contribution in [3.05, 3.63) is 22.7 Å². The maximum Gasteiger partial charge on any atom is 0.326 e. The van der Waals surface area contributed by atoms with E-state index in [0.717, 1.165) is 0 Å². The second-order valence-corrected chi connectivity index (χ2v) is 8.58. The van der Waals surface area contributed by atoms with Gasteiger partial charge in [-0.1, -0.05) is 15.9 Å². The third-order valence-electron chi connectivity index (χ3n) is 2.76. The number of phenols is 1. The van der Waals surface area contributed by atoms with E-state index in [1.165, 1.54) is 11.0 Å². The van der Waals surface area contributed by atoms with Gasteiger partial charge in [0.25, 0.3) is 0 Å². The number of carbonyl (C=O) groups is 2. The third-order valence-corrected chi connectivity index (χ3v) is 3.25. The molecule has 7 heteroatoms. The van der Waals surface area contributed by atoms with Crippen molar-refractivity contribution in [1.29, 1.82) is 0 Å². The molecular formula is C18H26BrNO5. The molecular weight excluding hydrogens is 390 g/mol. The van der Waals surface area contributed by atoms with Gasteiger partial charge in [-0.3, -0.25) is 9.59 Å². The lowest BCUT2D eigenvalue weighted by Crippen LogP contribution is -2.40. The predicted molar refractivity (Wildman–Crippen MR) is 99.7 cm³/mol. The van der Waals surface area contributed by atoms with Gasteiger partial charge in [0.05, 0.1) is 5.69 Å². The fraction of sp³-hybridized carbons (Fsp3) is 0.556. The van der Waals surface area contributed by atoms with Gasteiger partial charge in [0.15, 0.2) is 0 Å². The maximum atomic E-state index is 12.2. The van der Waals surface area contributed by atoms with Gasteiger partial charge in [-0.2, -0.15) is 0 Å². The van der Waals surface area contributed by atoms with Crippen LogP contribution in [0.1, 0.15) is 41.5 Å². The molecule has 1 aromatic carbocycles. The number of phenolic OH excluding ortho intramolecular Hbond substituents is 1. The molecule has 25 heavy (non-hydrogen) atoms. The van der Waals surface area contributed by atoms with Crippen LogP contribution in [0.15, 0.2) is 22.7 Å². The quantitative estimate of drug-likeness (QED) is 0.739. The summed E-state index contributed by atoms with van der Waals surface area (Å²) in [7, 11) is 0. The first kappa shape index (κ1) is 21.3. The van der Waals surface area contributed by atoms with Crippen LogP contribution in [-0.4, -0.2) is 41.3 Å². The van der Waals surface area contributed by atoms with Crippen LogP contribution >= 0.6 is 15.9 Å². The van der Waals surface area contributed by atoms with Gasteiger partial charge < -0.3 is 19.5 Å². The summed E-state index contributed by atoms with van der Waals surface area (Å²) in [4.78, 5) is 25.8. The van der Waals surface area contributed by atoms with Gasteiger partial charge in [0.1, 0.15) is 30.0 Å². The number of anilines is 1. The first-order valence-corrected chi connectivity index (χ1v) is 8.73. The van der Waals surface area contributed by atoms with E-state index < -0.39 is 23.1 Å². The van der Waals surface area contributed by atoms with Crippen LogP contribution in [0, 0.1) is 0 Å². The summed E-state index contributed by atoms with van der Waals surface area (Å²) in [6.45, 7) is 10.2. The van der Waals surface area contributed by atoms with Gasteiger partial charge in [-0.25, -0.2) is 0 Å². The molecule has 0 spiro atoms. The molecule has 140 valence electrons. The number of nitrogens with zero attached hydrogens (tertiary/aromatic N) is 1.